The molecular formula is C74H86N10O12Pt. The van der Waals surface area contributed by atoms with E-state index in [2.05, 4.69) is 98.9 Å². The van der Waals surface area contributed by atoms with Gasteiger partial charge >= 0.3 is 21.1 Å². The molecule has 10 N–H and O–H groups in total. The van der Waals surface area contributed by atoms with Crippen LogP contribution in [0.15, 0.2) is 48.5 Å². The Bertz CT molecular complexity index is 4290. The zero-order chi connectivity index (χ0) is 70.6. The van der Waals surface area contributed by atoms with Crippen LogP contribution in [0, 0.1) is 27.7 Å². The summed E-state index contributed by atoms with van der Waals surface area (Å²) in [6, 6.07) is 16.2. The standard InChI is InChI=1S/2C34H38N4O4.2C3H7NO2.Pt/c2*1-7-21-17(3)25-13-26-19(5)23(9-11-33(39)40)31(37-26)16-32-24(10-12-34(41)42)20(6)28(38-32)15-30-22(8-2)18(4)27(36-30)14-29(21)35-25;2*4-3(6)1-2-5;/h2*13-16,35-36H,7-12H2,1-6H3,(H,39,40)(H,41,42);2*5H,1-2H2,(H2,4,6);/q;;;;+4/p-4. The zero-order valence-corrected chi connectivity index (χ0v) is 59.4. The van der Waals surface area contributed by atoms with Crippen LogP contribution in [0.5, 0.6) is 0 Å². The number of aromatic nitrogens is 8. The summed E-state index contributed by atoms with van der Waals surface area (Å²) in [5, 5.41) is 61.6. The molecule has 97 heavy (non-hydrogen) atoms. The van der Waals surface area contributed by atoms with Crippen molar-refractivity contribution < 1.29 is 80.5 Å². The molecule has 0 saturated carbocycles. The summed E-state index contributed by atoms with van der Waals surface area (Å²) in [4.78, 5) is 99.3. The second kappa shape index (κ2) is 34.0. The molecule has 2 amide bonds. The summed E-state index contributed by atoms with van der Waals surface area (Å²) < 4.78 is 0. The van der Waals surface area contributed by atoms with Gasteiger partial charge in [0.15, 0.2) is 0 Å². The third-order valence-corrected chi connectivity index (χ3v) is 18.0. The number of rotatable bonds is 20. The van der Waals surface area contributed by atoms with Gasteiger partial charge in [-0.1, -0.05) is 27.7 Å². The van der Waals surface area contributed by atoms with Crippen LogP contribution in [0.4, 0.5) is 0 Å². The molecule has 0 fully saturated rings. The molecule has 0 unspecified atom stereocenters. The molecule has 4 aliphatic heterocycles. The number of H-pyrrole nitrogens is 4. The van der Waals surface area contributed by atoms with Crippen molar-refractivity contribution in [2.75, 3.05) is 13.2 Å². The maximum Gasteiger partial charge on any atom is 4.00 e. The van der Waals surface area contributed by atoms with Crippen LogP contribution in [0.1, 0.15) is 210 Å². The second-order valence-corrected chi connectivity index (χ2v) is 24.1. The first-order valence-electron chi connectivity index (χ1n) is 32.4. The Morgan fingerprint density at radius 1 is 0.340 bits per heavy atom. The predicted octanol–water partition coefficient (Wildman–Crippen LogP) is 7.66. The number of carbonyl (C=O) groups excluding carboxylic acids is 6. The number of carbonyl (C=O) groups is 6. The van der Waals surface area contributed by atoms with Gasteiger partial charge in [-0.15, -0.1) is 0 Å². The number of amides is 2. The number of nitrogens with one attached hydrogen (secondary N) is 4. The van der Waals surface area contributed by atoms with E-state index in [1.54, 1.807) is 0 Å². The van der Waals surface area contributed by atoms with Gasteiger partial charge in [-0.3, -0.25) is 9.59 Å². The topological polar surface area (TPSA) is 402 Å². The van der Waals surface area contributed by atoms with Crippen molar-refractivity contribution in [3.05, 3.63) is 139 Å². The first-order valence-corrected chi connectivity index (χ1v) is 32.4. The van der Waals surface area contributed by atoms with Crippen molar-refractivity contribution in [3.63, 3.8) is 0 Å². The zero-order valence-electron chi connectivity index (χ0n) is 57.2. The van der Waals surface area contributed by atoms with Crippen LogP contribution in [-0.2, 0) is 75.5 Å². The first kappa shape index (κ1) is 76.6. The maximum atomic E-state index is 11.4. The van der Waals surface area contributed by atoms with E-state index in [0.29, 0.717) is 22.8 Å². The van der Waals surface area contributed by atoms with Gasteiger partial charge in [-0.2, -0.15) is 0 Å². The fourth-order valence-corrected chi connectivity index (χ4v) is 12.6. The van der Waals surface area contributed by atoms with Crippen LogP contribution in [0.3, 0.4) is 0 Å². The number of primary amides is 2. The van der Waals surface area contributed by atoms with Gasteiger partial charge in [0.25, 0.3) is 0 Å². The number of nitrogens with two attached hydrogens (primary N) is 2. The number of aryl methyl sites for hydroxylation is 8. The summed E-state index contributed by atoms with van der Waals surface area (Å²) in [5.74, 6) is -5.42. The van der Waals surface area contributed by atoms with Crippen molar-refractivity contribution in [1.29, 1.82) is 0 Å². The number of aliphatic hydroxyl groups is 2. The number of hydrogen-bond acceptors (Lipinski definition) is 16. The van der Waals surface area contributed by atoms with E-state index in [0.717, 1.165) is 148 Å². The summed E-state index contributed by atoms with van der Waals surface area (Å²) >= 11 is 0. The molecule has 0 aliphatic carbocycles. The summed E-state index contributed by atoms with van der Waals surface area (Å²) in [6.45, 7) is 24.6. The number of nitrogens with zero attached hydrogens (tertiary/aromatic N) is 4. The molecule has 23 heteroatoms. The Labute approximate surface area is 577 Å². The molecule has 6 aromatic rings. The minimum absolute atomic E-state index is 0. The molecule has 0 radical (unpaired) electrons. The Hall–Kier alpha value is -9.37. The van der Waals surface area contributed by atoms with Gasteiger partial charge in [0.05, 0.1) is 58.8 Å². The van der Waals surface area contributed by atoms with Gasteiger partial charge in [-0.05, 0) is 270 Å². The monoisotopic (exact) mass is 1500 g/mol. The summed E-state index contributed by atoms with van der Waals surface area (Å²) in [7, 11) is 0. The van der Waals surface area contributed by atoms with Crippen LogP contribution in [0.2, 0.25) is 0 Å². The number of aromatic amines is 4. The van der Waals surface area contributed by atoms with E-state index in [1.807, 2.05) is 64.1 Å². The van der Waals surface area contributed by atoms with Gasteiger partial charge in [0, 0.05) is 80.9 Å². The quantitative estimate of drug-likeness (QED) is 0.0363. The third-order valence-electron chi connectivity index (χ3n) is 18.0. The largest absolute Gasteiger partial charge is 4.00 e. The van der Waals surface area contributed by atoms with Crippen LogP contribution in [-0.4, -0.2) is 99.0 Å². The number of carboxylic acid groups (broad SMARTS) is 4. The Kier molecular flexibility index (Phi) is 26.9. The maximum absolute atomic E-state index is 11.4. The van der Waals surface area contributed by atoms with Crippen molar-refractivity contribution >= 4 is 124 Å². The first-order chi connectivity index (χ1) is 45.6. The van der Waals surface area contributed by atoms with Gasteiger partial charge in [0.2, 0.25) is 11.8 Å². The smallest absolute Gasteiger partial charge is 0.550 e. The number of fused-ring (bicyclic) bond motifs is 16. The van der Waals surface area contributed by atoms with E-state index < -0.39 is 35.7 Å². The Morgan fingerprint density at radius 3 is 0.732 bits per heavy atom. The summed E-state index contributed by atoms with van der Waals surface area (Å²) in [5.41, 5.74) is 39.1. The predicted molar refractivity (Wildman–Crippen MR) is 367 cm³/mol. The Morgan fingerprint density at radius 2 is 0.546 bits per heavy atom. The normalized spacial score (nSPS) is 12.5. The van der Waals surface area contributed by atoms with Crippen molar-refractivity contribution in [2.24, 2.45) is 11.5 Å². The van der Waals surface area contributed by atoms with Gasteiger partial charge in [0.1, 0.15) is 0 Å². The minimum atomic E-state index is -1.13. The molecule has 0 aromatic carbocycles. The number of carboxylic acids is 4. The fourth-order valence-electron chi connectivity index (χ4n) is 12.6. The van der Waals surface area contributed by atoms with Crippen LogP contribution >= 0.6 is 0 Å². The number of aliphatic carboxylic acids is 4. The minimum Gasteiger partial charge on any atom is -0.550 e. The number of aliphatic hydroxyl groups excluding tert-OH is 2. The van der Waals surface area contributed by atoms with Crippen molar-refractivity contribution in [2.45, 2.75) is 173 Å². The molecule has 0 saturated heterocycles. The average Bonchev–Trinajstić information content (AvgIpc) is 1.63. The van der Waals surface area contributed by atoms with E-state index in [9.17, 15) is 49.2 Å². The summed E-state index contributed by atoms with van der Waals surface area (Å²) in [6.07, 6.45) is 4.06. The molecule has 4 aliphatic rings. The van der Waals surface area contributed by atoms with Crippen LogP contribution in [0.25, 0.3) is 88.7 Å². The molecule has 22 nitrogen and oxygen atoms in total. The van der Waals surface area contributed by atoms with Crippen molar-refractivity contribution in [3.8, 4) is 0 Å². The van der Waals surface area contributed by atoms with Gasteiger partial charge in [-0.25, -0.2) is 19.9 Å². The molecule has 10 heterocycles. The second-order valence-electron chi connectivity index (χ2n) is 24.1. The number of allylic oxidation sites excluding steroid dienone is 8. The SMILES string of the molecule is CCc1c(C)c2cc3[nH]c(cc4nc(cc5nc(cc1[nH]2)C(C)=C5CCC(=O)[O-])C(CCC(=O)[O-])=C4C)c(C)c3CC.CCc1c(C)c2cc3[nH]c(cc4nc(cc5nc(cc1[nH]2)C(C)=C5CCC(=O)[O-])C(CCC(=O)[O-])=C4C)c(C)c3CC.NC(=O)CCO.NC(=O)CCO.[Pt+4]. The fraction of sp³-hybridized carbons (Fsp3) is 0.378. The van der Waals surface area contributed by atoms with E-state index in [-0.39, 0.29) is 98.5 Å². The van der Waals surface area contributed by atoms with E-state index in [1.165, 1.54) is 33.4 Å². The molecule has 0 spiro atoms. The molecule has 10 rings (SSSR count). The average molecular weight is 1500 g/mol. The van der Waals surface area contributed by atoms with Crippen molar-refractivity contribution in [1.82, 2.24) is 39.9 Å². The van der Waals surface area contributed by atoms with E-state index >= 15 is 0 Å². The third kappa shape index (κ3) is 18.2. The number of hydrogen-bond donors (Lipinski definition) is 8. The molecule has 16 bridgehead atoms. The van der Waals surface area contributed by atoms with Gasteiger partial charge < -0.3 is 81.2 Å². The molecule has 514 valence electrons. The molecule has 0 atom stereocenters. The van der Waals surface area contributed by atoms with E-state index in [4.69, 9.17) is 30.1 Å². The molecule has 6 aromatic heterocycles. The Balaban J connectivity index is 0.000000260. The van der Waals surface area contributed by atoms with Crippen LogP contribution < -0.4 is 31.9 Å². The molecular weight excluding hydrogens is 1420 g/mol.